The Kier molecular flexibility index (Phi) is 4.99. The molecule has 32 heavy (non-hydrogen) atoms. The van der Waals surface area contributed by atoms with E-state index < -0.39 is 5.97 Å². The van der Waals surface area contributed by atoms with Gasteiger partial charge in [0.1, 0.15) is 5.69 Å². The lowest BCUT2D eigenvalue weighted by molar-refractivity contribution is 0.0603. The number of pyridine rings is 2. The summed E-state index contributed by atoms with van der Waals surface area (Å²) in [6.07, 6.45) is 5.13. The zero-order chi connectivity index (χ0) is 22.1. The van der Waals surface area contributed by atoms with Crippen LogP contribution in [0.15, 0.2) is 77.7 Å². The van der Waals surface area contributed by atoms with Gasteiger partial charge in [-0.1, -0.05) is 24.3 Å². The molecular weight excluding hydrogens is 404 g/mol. The van der Waals surface area contributed by atoms with Crippen molar-refractivity contribution >= 4 is 17.0 Å². The molecule has 0 N–H and O–H groups in total. The number of rotatable bonds is 5. The van der Waals surface area contributed by atoms with Crippen molar-refractivity contribution in [1.29, 1.82) is 0 Å². The number of ether oxygens (including phenoxy) is 1. The Morgan fingerprint density at radius 1 is 1.06 bits per heavy atom. The van der Waals surface area contributed by atoms with E-state index in [9.17, 15) is 4.79 Å². The van der Waals surface area contributed by atoms with Crippen molar-refractivity contribution in [1.82, 2.24) is 19.7 Å². The molecule has 5 aromatic rings. The van der Waals surface area contributed by atoms with Crippen LogP contribution >= 0.6 is 0 Å². The largest absolute Gasteiger partial charge is 0.465 e. The maximum absolute atomic E-state index is 12.5. The Bertz CT molecular complexity index is 1390. The van der Waals surface area contributed by atoms with Crippen LogP contribution in [-0.4, -0.2) is 32.8 Å². The van der Waals surface area contributed by atoms with Gasteiger partial charge in [0.2, 0.25) is 0 Å². The minimum Gasteiger partial charge on any atom is -0.465 e. The average Bonchev–Trinajstić information content (AvgIpc) is 3.48. The number of carbonyl (C=O) groups is 1. The molecule has 0 spiro atoms. The fourth-order valence-electron chi connectivity index (χ4n) is 3.77. The Labute approximate surface area is 184 Å². The van der Waals surface area contributed by atoms with Gasteiger partial charge in [0.15, 0.2) is 11.4 Å². The van der Waals surface area contributed by atoms with E-state index in [0.717, 1.165) is 22.4 Å². The lowest BCUT2D eigenvalue weighted by Gasteiger charge is -2.07. The number of furan rings is 1. The Hall–Kier alpha value is -4.26. The van der Waals surface area contributed by atoms with Gasteiger partial charge in [-0.3, -0.25) is 9.67 Å². The average molecular weight is 424 g/mol. The van der Waals surface area contributed by atoms with E-state index in [4.69, 9.17) is 9.15 Å². The molecule has 0 atom stereocenters. The SMILES string of the molecule is COC(=O)c1cc(-c2ccco2)nc2nn(Cc3ccc(-c4ccncc4)cc3)c(C)c12. The number of hydrogen-bond acceptors (Lipinski definition) is 6. The van der Waals surface area contributed by atoms with Crippen molar-refractivity contribution in [3.05, 3.63) is 90.1 Å². The molecule has 0 aliphatic carbocycles. The summed E-state index contributed by atoms with van der Waals surface area (Å²) in [4.78, 5) is 21.2. The monoisotopic (exact) mass is 424 g/mol. The minimum absolute atomic E-state index is 0.417. The van der Waals surface area contributed by atoms with Crippen molar-refractivity contribution < 1.29 is 13.9 Å². The van der Waals surface area contributed by atoms with E-state index in [1.807, 2.05) is 23.7 Å². The fourth-order valence-corrected chi connectivity index (χ4v) is 3.77. The van der Waals surface area contributed by atoms with Crippen LogP contribution in [-0.2, 0) is 11.3 Å². The highest BCUT2D eigenvalue weighted by atomic mass is 16.5. The molecule has 0 aliphatic rings. The van der Waals surface area contributed by atoms with Crippen LogP contribution in [0, 0.1) is 6.92 Å². The van der Waals surface area contributed by atoms with Crippen molar-refractivity contribution in [2.24, 2.45) is 0 Å². The molecule has 0 fully saturated rings. The predicted molar refractivity (Wildman–Crippen MR) is 120 cm³/mol. The molecule has 158 valence electrons. The summed E-state index contributed by atoms with van der Waals surface area (Å²) in [5.74, 6) is 0.130. The Balaban J connectivity index is 1.53. The molecule has 0 amide bonds. The molecule has 0 unspecified atom stereocenters. The lowest BCUT2D eigenvalue weighted by atomic mass is 10.1. The molecule has 0 bridgehead atoms. The number of fused-ring (bicyclic) bond motifs is 1. The molecule has 4 aromatic heterocycles. The van der Waals surface area contributed by atoms with E-state index >= 15 is 0 Å². The second kappa shape index (κ2) is 8.11. The third-order valence-corrected chi connectivity index (χ3v) is 5.44. The number of nitrogens with zero attached hydrogens (tertiary/aromatic N) is 4. The highest BCUT2D eigenvalue weighted by Gasteiger charge is 2.21. The second-order valence-corrected chi connectivity index (χ2v) is 7.40. The van der Waals surface area contributed by atoms with Crippen LogP contribution in [0.3, 0.4) is 0 Å². The third-order valence-electron chi connectivity index (χ3n) is 5.44. The van der Waals surface area contributed by atoms with Gasteiger partial charge in [-0.2, -0.15) is 5.10 Å². The molecule has 5 rings (SSSR count). The van der Waals surface area contributed by atoms with Crippen molar-refractivity contribution in [2.45, 2.75) is 13.5 Å². The number of aromatic nitrogens is 4. The second-order valence-electron chi connectivity index (χ2n) is 7.40. The Morgan fingerprint density at radius 2 is 1.81 bits per heavy atom. The van der Waals surface area contributed by atoms with E-state index in [1.165, 1.54) is 7.11 Å². The zero-order valence-electron chi connectivity index (χ0n) is 17.6. The summed E-state index contributed by atoms with van der Waals surface area (Å²) in [5.41, 5.74) is 5.60. The standard InChI is InChI=1S/C25H20N4O3/c1-16-23-20(25(30)31-2)14-21(22-4-3-13-32-22)27-24(23)28-29(16)15-17-5-7-18(8-6-17)19-9-11-26-12-10-19/h3-14H,15H2,1-2H3. The van der Waals surface area contributed by atoms with Crippen molar-refractivity contribution in [2.75, 3.05) is 7.11 Å². The van der Waals surface area contributed by atoms with E-state index in [2.05, 4.69) is 39.3 Å². The van der Waals surface area contributed by atoms with Gasteiger partial charge in [-0.15, -0.1) is 0 Å². The van der Waals surface area contributed by atoms with Gasteiger partial charge in [-0.05, 0) is 53.9 Å². The Morgan fingerprint density at radius 3 is 2.50 bits per heavy atom. The molecule has 0 saturated carbocycles. The highest BCUT2D eigenvalue weighted by molar-refractivity contribution is 6.04. The van der Waals surface area contributed by atoms with E-state index in [0.29, 0.717) is 34.6 Å². The summed E-state index contributed by atoms with van der Waals surface area (Å²) in [7, 11) is 1.37. The lowest BCUT2D eigenvalue weighted by Crippen LogP contribution is -2.05. The number of esters is 1. The predicted octanol–water partition coefficient (Wildman–Crippen LogP) is 4.90. The molecule has 4 heterocycles. The summed E-state index contributed by atoms with van der Waals surface area (Å²) in [5, 5.41) is 5.36. The first-order chi connectivity index (χ1) is 15.6. The van der Waals surface area contributed by atoms with E-state index in [-0.39, 0.29) is 0 Å². The zero-order valence-corrected chi connectivity index (χ0v) is 17.6. The molecule has 7 heteroatoms. The van der Waals surface area contributed by atoms with Crippen molar-refractivity contribution in [3.8, 4) is 22.6 Å². The smallest absolute Gasteiger partial charge is 0.338 e. The van der Waals surface area contributed by atoms with E-state index in [1.54, 1.807) is 36.9 Å². The maximum Gasteiger partial charge on any atom is 0.338 e. The van der Waals surface area contributed by atoms with Crippen molar-refractivity contribution in [3.63, 3.8) is 0 Å². The summed E-state index contributed by atoms with van der Waals surface area (Å²) >= 11 is 0. The number of methoxy groups -OCH3 is 1. The number of hydrogen-bond donors (Lipinski definition) is 0. The highest BCUT2D eigenvalue weighted by Crippen LogP contribution is 2.28. The summed E-state index contributed by atoms with van der Waals surface area (Å²) in [6, 6.07) is 17.5. The first-order valence-corrected chi connectivity index (χ1v) is 10.1. The summed E-state index contributed by atoms with van der Waals surface area (Å²) < 4.78 is 12.3. The van der Waals surface area contributed by atoms with Crippen LogP contribution in [0.2, 0.25) is 0 Å². The molecule has 1 aromatic carbocycles. The number of benzene rings is 1. The molecule has 7 nitrogen and oxygen atoms in total. The van der Waals surface area contributed by atoms with Crippen LogP contribution in [0.4, 0.5) is 0 Å². The van der Waals surface area contributed by atoms with Gasteiger partial charge in [0.05, 0.1) is 30.9 Å². The summed E-state index contributed by atoms with van der Waals surface area (Å²) in [6.45, 7) is 2.48. The minimum atomic E-state index is -0.436. The van der Waals surface area contributed by atoms with Gasteiger partial charge < -0.3 is 9.15 Å². The molecule has 0 aliphatic heterocycles. The third kappa shape index (κ3) is 3.54. The molecule has 0 saturated heterocycles. The maximum atomic E-state index is 12.5. The normalized spacial score (nSPS) is 11.1. The fraction of sp³-hybridized carbons (Fsp3) is 0.120. The van der Waals surface area contributed by atoms with Gasteiger partial charge in [0, 0.05) is 18.1 Å². The quantitative estimate of drug-likeness (QED) is 0.373. The topological polar surface area (TPSA) is 83.0 Å². The first-order valence-electron chi connectivity index (χ1n) is 10.1. The molecular formula is C25H20N4O3. The van der Waals surface area contributed by atoms with Crippen LogP contribution in [0.1, 0.15) is 21.6 Å². The van der Waals surface area contributed by atoms with Gasteiger partial charge in [-0.25, -0.2) is 9.78 Å². The molecule has 0 radical (unpaired) electrons. The number of carbonyl (C=O) groups excluding carboxylic acids is 1. The van der Waals surface area contributed by atoms with Gasteiger partial charge in [0.25, 0.3) is 0 Å². The van der Waals surface area contributed by atoms with Crippen LogP contribution < -0.4 is 0 Å². The first kappa shape index (κ1) is 19.7. The van der Waals surface area contributed by atoms with Gasteiger partial charge >= 0.3 is 5.97 Å². The van der Waals surface area contributed by atoms with Crippen LogP contribution in [0.25, 0.3) is 33.6 Å². The number of aryl methyl sites for hydroxylation is 1. The van der Waals surface area contributed by atoms with Crippen LogP contribution in [0.5, 0.6) is 0 Å².